The Balaban J connectivity index is 0.00000264. The lowest BCUT2D eigenvalue weighted by Gasteiger charge is -2.34. The van der Waals surface area contributed by atoms with Crippen molar-refractivity contribution in [1.29, 1.82) is 0 Å². The van der Waals surface area contributed by atoms with Gasteiger partial charge in [0, 0.05) is 27.8 Å². The minimum Gasteiger partial charge on any atom is -0.309 e. The second-order valence-corrected chi connectivity index (χ2v) is 9.86. The molecule has 184 valence electrons. The molecule has 0 amide bonds. The molecule has 2 aliphatic rings. The molecule has 38 heavy (non-hydrogen) atoms. The van der Waals surface area contributed by atoms with Crippen molar-refractivity contribution in [3.05, 3.63) is 130 Å². The molecule has 0 fully saturated rings. The number of aryl methyl sites for hydroxylation is 2. The van der Waals surface area contributed by atoms with Crippen molar-refractivity contribution in [2.45, 2.75) is 21.3 Å². The topological polar surface area (TPSA) is 37.4 Å². The van der Waals surface area contributed by atoms with E-state index in [2.05, 4.69) is 85.5 Å². The van der Waals surface area contributed by atoms with Crippen molar-refractivity contribution in [3.8, 4) is 11.1 Å². The van der Waals surface area contributed by atoms with Gasteiger partial charge in [0.2, 0.25) is 0 Å². The maximum Gasteiger partial charge on any atom is 0.197 e. The summed E-state index contributed by atoms with van der Waals surface area (Å²) in [6.45, 7) is 4.21. The van der Waals surface area contributed by atoms with Gasteiger partial charge in [-0.15, -0.1) is 0 Å². The van der Waals surface area contributed by atoms with E-state index in [1.54, 1.807) is 30.3 Å². The molecule has 5 aromatic rings. The predicted octanol–water partition coefficient (Wildman–Crippen LogP) is 9.01. The Bertz CT molecular complexity index is 1790. The summed E-state index contributed by atoms with van der Waals surface area (Å²) in [6.07, 6.45) is 1.77. The zero-order chi connectivity index (χ0) is 25.3. The van der Waals surface area contributed by atoms with Gasteiger partial charge in [0.05, 0.1) is 16.9 Å². The third-order valence-corrected chi connectivity index (χ3v) is 7.47. The van der Waals surface area contributed by atoms with E-state index >= 15 is 0 Å². The van der Waals surface area contributed by atoms with Crippen LogP contribution in [-0.2, 0) is 0 Å². The highest BCUT2D eigenvalue weighted by Gasteiger charge is 2.33. The molecule has 0 bridgehead atoms. The van der Waals surface area contributed by atoms with Crippen molar-refractivity contribution in [3.63, 3.8) is 0 Å². The number of Topliss-reactive ketones (excluding diaryl/α,β-unsaturated/α-hetero) is 2. The summed E-state index contributed by atoms with van der Waals surface area (Å²) in [5.74, 6) is -0.411. The first-order valence-corrected chi connectivity index (χ1v) is 12.4. The lowest BCUT2D eigenvalue weighted by atomic mass is 9.88. The predicted molar refractivity (Wildman–Crippen MR) is 157 cm³/mol. The zero-order valence-electron chi connectivity index (χ0n) is 20.6. The standard InChI is InChI=1S/C34H23NO2.CH4/c1-20-10-14-23(15-11-20)35-30-16-12-21(2)18-28(30)25-9-5-8-24-22(13-17-31(35)32(24)25)19-29-33(36)26-6-3-4-7-27(26)34(29)37;/h3-19H,1-2H3;1H4. The number of fused-ring (bicyclic) bond motifs is 3. The Morgan fingerprint density at radius 3 is 1.95 bits per heavy atom. The van der Waals surface area contributed by atoms with Gasteiger partial charge in [-0.05, 0) is 66.8 Å². The van der Waals surface area contributed by atoms with Crippen molar-refractivity contribution >= 4 is 45.5 Å². The van der Waals surface area contributed by atoms with E-state index in [1.165, 1.54) is 16.7 Å². The lowest BCUT2D eigenvalue weighted by molar-refractivity contribution is 0.0990. The zero-order valence-corrected chi connectivity index (χ0v) is 20.6. The monoisotopic (exact) mass is 493 g/mol. The molecule has 0 atom stereocenters. The second-order valence-electron chi connectivity index (χ2n) is 9.86. The molecule has 1 aliphatic carbocycles. The lowest BCUT2D eigenvalue weighted by Crippen LogP contribution is -2.15. The highest BCUT2D eigenvalue weighted by Crippen LogP contribution is 2.51. The SMILES string of the molecule is C.Cc1ccc(N2c3ccc(C)cc3-c3cccc4c(C=C5C(=O)c6ccccc6C5=O)ccc2c34)cc1. The van der Waals surface area contributed by atoms with E-state index in [0.29, 0.717) is 11.1 Å². The first-order chi connectivity index (χ1) is 18.0. The van der Waals surface area contributed by atoms with Gasteiger partial charge in [-0.2, -0.15) is 0 Å². The largest absolute Gasteiger partial charge is 0.309 e. The molecule has 5 aromatic carbocycles. The summed E-state index contributed by atoms with van der Waals surface area (Å²) in [5, 5.41) is 2.13. The van der Waals surface area contributed by atoms with Crippen LogP contribution in [0.15, 0.2) is 103 Å². The van der Waals surface area contributed by atoms with Crippen LogP contribution in [0.2, 0.25) is 0 Å². The van der Waals surface area contributed by atoms with Crippen LogP contribution >= 0.6 is 0 Å². The number of nitrogens with zero attached hydrogens (tertiary/aromatic N) is 1. The second kappa shape index (κ2) is 8.67. The van der Waals surface area contributed by atoms with Crippen molar-refractivity contribution in [2.24, 2.45) is 0 Å². The van der Waals surface area contributed by atoms with Gasteiger partial charge in [0.25, 0.3) is 0 Å². The molecule has 1 heterocycles. The Morgan fingerprint density at radius 2 is 1.24 bits per heavy atom. The van der Waals surface area contributed by atoms with Crippen LogP contribution in [0, 0.1) is 13.8 Å². The van der Waals surface area contributed by atoms with E-state index in [9.17, 15) is 9.59 Å². The quantitative estimate of drug-likeness (QED) is 0.178. The molecule has 0 saturated heterocycles. The van der Waals surface area contributed by atoms with Gasteiger partial charge < -0.3 is 4.90 Å². The number of rotatable bonds is 2. The Labute approximate surface area is 222 Å². The van der Waals surface area contributed by atoms with Crippen molar-refractivity contribution in [2.75, 3.05) is 4.90 Å². The van der Waals surface area contributed by atoms with Gasteiger partial charge in [-0.1, -0.05) is 85.3 Å². The molecule has 3 nitrogen and oxygen atoms in total. The Hall–Kier alpha value is -4.76. The number of ketones is 2. The average molecular weight is 494 g/mol. The van der Waals surface area contributed by atoms with E-state index < -0.39 is 0 Å². The normalized spacial score (nSPS) is 13.3. The number of carbonyl (C=O) groups is 2. The van der Waals surface area contributed by atoms with Gasteiger partial charge in [0.1, 0.15) is 0 Å². The van der Waals surface area contributed by atoms with Crippen LogP contribution < -0.4 is 4.90 Å². The molecular weight excluding hydrogens is 466 g/mol. The van der Waals surface area contributed by atoms with E-state index in [0.717, 1.165) is 39.0 Å². The molecular formula is C35H27NO2. The van der Waals surface area contributed by atoms with Crippen LogP contribution in [0.1, 0.15) is 44.8 Å². The fourth-order valence-electron chi connectivity index (χ4n) is 5.67. The number of hydrogen-bond acceptors (Lipinski definition) is 3. The smallest absolute Gasteiger partial charge is 0.197 e. The summed E-state index contributed by atoms with van der Waals surface area (Å²) in [5.41, 5.74) is 10.1. The first-order valence-electron chi connectivity index (χ1n) is 12.4. The van der Waals surface area contributed by atoms with Gasteiger partial charge in [-0.3, -0.25) is 9.59 Å². The molecule has 0 saturated carbocycles. The molecule has 7 rings (SSSR count). The Morgan fingerprint density at radius 1 is 0.605 bits per heavy atom. The first kappa shape index (κ1) is 23.6. The van der Waals surface area contributed by atoms with Gasteiger partial charge in [0.15, 0.2) is 11.6 Å². The number of hydrogen-bond donors (Lipinski definition) is 0. The number of allylic oxidation sites excluding steroid dienone is 1. The maximum absolute atomic E-state index is 13.1. The Kier molecular flexibility index (Phi) is 5.39. The van der Waals surface area contributed by atoms with Crippen LogP contribution in [-0.4, -0.2) is 11.6 Å². The van der Waals surface area contributed by atoms with E-state index in [1.807, 2.05) is 6.07 Å². The van der Waals surface area contributed by atoms with Crippen molar-refractivity contribution in [1.82, 2.24) is 0 Å². The minimum absolute atomic E-state index is 0. The van der Waals surface area contributed by atoms with Gasteiger partial charge >= 0.3 is 0 Å². The summed E-state index contributed by atoms with van der Waals surface area (Å²) in [4.78, 5) is 28.5. The molecule has 0 aromatic heterocycles. The maximum atomic E-state index is 13.1. The van der Waals surface area contributed by atoms with Crippen LogP contribution in [0.5, 0.6) is 0 Å². The number of benzene rings is 5. The summed E-state index contributed by atoms with van der Waals surface area (Å²) < 4.78 is 0. The van der Waals surface area contributed by atoms with Crippen molar-refractivity contribution < 1.29 is 9.59 Å². The van der Waals surface area contributed by atoms with E-state index in [4.69, 9.17) is 0 Å². The average Bonchev–Trinajstić information content (AvgIpc) is 3.16. The fourth-order valence-corrected chi connectivity index (χ4v) is 5.67. The third-order valence-electron chi connectivity index (χ3n) is 7.47. The highest BCUT2D eigenvalue weighted by molar-refractivity contribution is 6.41. The fraction of sp³-hybridized carbons (Fsp3) is 0.0857. The third kappa shape index (κ3) is 3.36. The molecule has 0 spiro atoms. The van der Waals surface area contributed by atoms with Crippen LogP contribution in [0.3, 0.4) is 0 Å². The molecule has 1 aliphatic heterocycles. The summed E-state index contributed by atoms with van der Waals surface area (Å²) >= 11 is 0. The highest BCUT2D eigenvalue weighted by atomic mass is 16.2. The summed E-state index contributed by atoms with van der Waals surface area (Å²) in [7, 11) is 0. The number of anilines is 3. The van der Waals surface area contributed by atoms with Gasteiger partial charge in [-0.25, -0.2) is 0 Å². The summed E-state index contributed by atoms with van der Waals surface area (Å²) in [6, 6.07) is 32.7. The van der Waals surface area contributed by atoms with Crippen LogP contribution in [0.25, 0.3) is 28.0 Å². The molecule has 0 radical (unpaired) electrons. The number of carbonyl (C=O) groups excluding carboxylic acids is 2. The molecule has 3 heteroatoms. The van der Waals surface area contributed by atoms with Crippen LogP contribution in [0.4, 0.5) is 17.1 Å². The molecule has 0 unspecified atom stereocenters. The molecule has 0 N–H and O–H groups in total. The van der Waals surface area contributed by atoms with E-state index in [-0.39, 0.29) is 24.6 Å². The minimum atomic E-state index is -0.205.